The number of hydrazone groups is 1. The lowest BCUT2D eigenvalue weighted by Gasteiger charge is -2.23. The third kappa shape index (κ3) is 7.78. The Morgan fingerprint density at radius 2 is 1.56 bits per heavy atom. The lowest BCUT2D eigenvalue weighted by atomic mass is 10.1. The van der Waals surface area contributed by atoms with Crippen LogP contribution in [0.2, 0.25) is 0 Å². The summed E-state index contributed by atoms with van der Waals surface area (Å²) in [5.74, 6) is 0.336. The van der Waals surface area contributed by atoms with Gasteiger partial charge in [0.2, 0.25) is 10.0 Å². The first-order valence-corrected chi connectivity index (χ1v) is 14.3. The van der Waals surface area contributed by atoms with E-state index >= 15 is 0 Å². The molecule has 39 heavy (non-hydrogen) atoms. The molecule has 200 valence electrons. The van der Waals surface area contributed by atoms with Crippen LogP contribution in [0.25, 0.3) is 0 Å². The first-order valence-electron chi connectivity index (χ1n) is 12.4. The van der Waals surface area contributed by atoms with Gasteiger partial charge in [-0.3, -0.25) is 9.10 Å². The van der Waals surface area contributed by atoms with Crippen LogP contribution in [0.15, 0.2) is 102 Å². The number of ether oxygens (including phenoxy) is 1. The minimum Gasteiger partial charge on any atom is -0.489 e. The fourth-order valence-electron chi connectivity index (χ4n) is 3.85. The van der Waals surface area contributed by atoms with Crippen LogP contribution >= 0.6 is 0 Å². The van der Waals surface area contributed by atoms with E-state index in [1.165, 1.54) is 16.1 Å². The summed E-state index contributed by atoms with van der Waals surface area (Å²) in [6, 6.07) is 29.6. The molecule has 0 saturated heterocycles. The highest BCUT2D eigenvalue weighted by Crippen LogP contribution is 2.22. The van der Waals surface area contributed by atoms with Crippen LogP contribution < -0.4 is 14.5 Å². The Morgan fingerprint density at radius 1 is 0.897 bits per heavy atom. The minimum absolute atomic E-state index is 0.205. The van der Waals surface area contributed by atoms with Gasteiger partial charge in [-0.25, -0.2) is 13.8 Å². The van der Waals surface area contributed by atoms with Gasteiger partial charge in [0.25, 0.3) is 5.91 Å². The predicted octanol–water partition coefficient (Wildman–Crippen LogP) is 5.61. The molecule has 4 aromatic carbocycles. The van der Waals surface area contributed by atoms with Crippen molar-refractivity contribution in [3.8, 4) is 5.75 Å². The average molecular weight is 542 g/mol. The molecule has 8 heteroatoms. The van der Waals surface area contributed by atoms with Crippen molar-refractivity contribution in [1.82, 2.24) is 5.43 Å². The van der Waals surface area contributed by atoms with Crippen molar-refractivity contribution in [3.05, 3.63) is 130 Å². The van der Waals surface area contributed by atoms with Gasteiger partial charge in [-0.2, -0.15) is 5.10 Å². The fraction of sp³-hybridized carbons (Fsp3) is 0.161. The van der Waals surface area contributed by atoms with Crippen molar-refractivity contribution < 1.29 is 17.9 Å². The molecule has 0 aliphatic heterocycles. The van der Waals surface area contributed by atoms with Gasteiger partial charge in [0.05, 0.1) is 24.7 Å². The Hall–Kier alpha value is -4.43. The summed E-state index contributed by atoms with van der Waals surface area (Å²) in [7, 11) is -3.53. The number of anilines is 1. The second-order valence-electron chi connectivity index (χ2n) is 9.29. The van der Waals surface area contributed by atoms with Gasteiger partial charge in [0.15, 0.2) is 0 Å². The van der Waals surface area contributed by atoms with E-state index in [2.05, 4.69) is 22.7 Å². The molecular formula is C31H31N3O4S. The molecule has 0 atom stereocenters. The Labute approximate surface area is 229 Å². The lowest BCUT2D eigenvalue weighted by Crippen LogP contribution is -2.29. The quantitative estimate of drug-likeness (QED) is 0.209. The van der Waals surface area contributed by atoms with Gasteiger partial charge in [0, 0.05) is 5.56 Å². The molecule has 0 fully saturated rings. The maximum absolute atomic E-state index is 12.6. The lowest BCUT2D eigenvalue weighted by molar-refractivity contribution is 0.0955. The van der Waals surface area contributed by atoms with Crippen LogP contribution in [0.4, 0.5) is 5.69 Å². The number of nitrogens with one attached hydrogen (secondary N) is 1. The Kier molecular flexibility index (Phi) is 8.78. The van der Waals surface area contributed by atoms with E-state index in [-0.39, 0.29) is 6.54 Å². The molecule has 4 rings (SSSR count). The van der Waals surface area contributed by atoms with Crippen LogP contribution in [0.1, 0.15) is 38.2 Å². The van der Waals surface area contributed by atoms with Gasteiger partial charge >= 0.3 is 0 Å². The Morgan fingerprint density at radius 3 is 2.21 bits per heavy atom. The van der Waals surface area contributed by atoms with E-state index in [0.717, 1.165) is 28.0 Å². The fourth-order valence-corrected chi connectivity index (χ4v) is 4.73. The van der Waals surface area contributed by atoms with Crippen LogP contribution in [0.3, 0.4) is 0 Å². The molecule has 0 aromatic heterocycles. The number of rotatable bonds is 10. The first-order chi connectivity index (χ1) is 18.7. The van der Waals surface area contributed by atoms with Crippen LogP contribution in [0.5, 0.6) is 5.75 Å². The van der Waals surface area contributed by atoms with Crippen LogP contribution in [-0.2, 0) is 23.2 Å². The SMILES string of the molecule is Cc1ccc(COc2ccc(/C=N\NC(=O)c3ccc(N(Cc4ccccc4C)S(C)(=O)=O)cc3)cc2)cc1. The highest BCUT2D eigenvalue weighted by atomic mass is 32.2. The highest BCUT2D eigenvalue weighted by molar-refractivity contribution is 7.92. The predicted molar refractivity (Wildman–Crippen MR) is 156 cm³/mol. The summed E-state index contributed by atoms with van der Waals surface area (Å²) in [5.41, 5.74) is 8.36. The van der Waals surface area contributed by atoms with Gasteiger partial charge in [-0.05, 0) is 84.6 Å². The van der Waals surface area contributed by atoms with Gasteiger partial charge in [-0.15, -0.1) is 0 Å². The average Bonchev–Trinajstić information content (AvgIpc) is 2.92. The molecule has 1 amide bonds. The molecule has 0 bridgehead atoms. The van der Waals surface area contributed by atoms with E-state index in [9.17, 15) is 13.2 Å². The molecule has 0 unspecified atom stereocenters. The molecule has 0 heterocycles. The summed E-state index contributed by atoms with van der Waals surface area (Å²) in [5, 5.41) is 4.04. The number of carbonyl (C=O) groups excluding carboxylic acids is 1. The number of hydrogen-bond acceptors (Lipinski definition) is 5. The second kappa shape index (κ2) is 12.4. The number of aryl methyl sites for hydroxylation is 2. The van der Waals surface area contributed by atoms with E-state index in [1.807, 2.05) is 74.5 Å². The highest BCUT2D eigenvalue weighted by Gasteiger charge is 2.19. The standard InChI is InChI=1S/C31H31N3O4S/c1-23-8-10-26(11-9-23)22-38-30-18-12-25(13-19-30)20-32-33-31(35)27-14-16-29(17-15-27)34(39(3,36)37)21-28-7-5-4-6-24(28)2/h4-20H,21-22H2,1-3H3,(H,33,35)/b32-20-. The topological polar surface area (TPSA) is 88.1 Å². The summed E-state index contributed by atoms with van der Waals surface area (Å²) in [6.07, 6.45) is 2.72. The molecule has 0 aliphatic rings. The first kappa shape index (κ1) is 27.6. The normalized spacial score (nSPS) is 11.4. The van der Waals surface area contributed by atoms with Gasteiger partial charge in [0.1, 0.15) is 12.4 Å². The number of hydrogen-bond donors (Lipinski definition) is 1. The molecular weight excluding hydrogens is 510 g/mol. The maximum Gasteiger partial charge on any atom is 0.271 e. The second-order valence-corrected chi connectivity index (χ2v) is 11.2. The third-order valence-electron chi connectivity index (χ3n) is 6.18. The molecule has 0 spiro atoms. The maximum atomic E-state index is 12.6. The van der Waals surface area contributed by atoms with Crippen LogP contribution in [0, 0.1) is 13.8 Å². The van der Waals surface area contributed by atoms with Gasteiger partial charge < -0.3 is 4.74 Å². The van der Waals surface area contributed by atoms with Crippen molar-refractivity contribution in [2.24, 2.45) is 5.10 Å². The summed E-state index contributed by atoms with van der Waals surface area (Å²) < 4.78 is 32.1. The van der Waals surface area contributed by atoms with Crippen molar-refractivity contribution in [3.63, 3.8) is 0 Å². The van der Waals surface area contributed by atoms with Crippen molar-refractivity contribution in [2.45, 2.75) is 27.0 Å². The summed E-state index contributed by atoms with van der Waals surface area (Å²) in [4.78, 5) is 12.6. The largest absolute Gasteiger partial charge is 0.489 e. The summed E-state index contributed by atoms with van der Waals surface area (Å²) >= 11 is 0. The Bertz CT molecular complexity index is 1550. The molecule has 7 nitrogen and oxygen atoms in total. The number of nitrogens with zero attached hydrogens (tertiary/aromatic N) is 2. The molecule has 1 N–H and O–H groups in total. The molecule has 0 saturated carbocycles. The van der Waals surface area contributed by atoms with Crippen molar-refractivity contribution in [1.29, 1.82) is 0 Å². The zero-order valence-corrected chi connectivity index (χ0v) is 23.0. The monoisotopic (exact) mass is 541 g/mol. The van der Waals surface area contributed by atoms with Crippen molar-refractivity contribution >= 4 is 27.8 Å². The Balaban J connectivity index is 1.33. The number of amides is 1. The van der Waals surface area contributed by atoms with E-state index in [4.69, 9.17) is 4.74 Å². The third-order valence-corrected chi connectivity index (χ3v) is 7.32. The van der Waals surface area contributed by atoms with E-state index in [1.54, 1.807) is 30.5 Å². The van der Waals surface area contributed by atoms with E-state index < -0.39 is 15.9 Å². The number of benzene rings is 4. The minimum atomic E-state index is -3.53. The smallest absolute Gasteiger partial charge is 0.271 e. The zero-order valence-electron chi connectivity index (χ0n) is 22.2. The summed E-state index contributed by atoms with van der Waals surface area (Å²) in [6.45, 7) is 4.68. The molecule has 4 aromatic rings. The van der Waals surface area contributed by atoms with E-state index in [0.29, 0.717) is 17.9 Å². The number of sulfonamides is 1. The molecule has 0 radical (unpaired) electrons. The molecule has 0 aliphatic carbocycles. The van der Waals surface area contributed by atoms with Crippen molar-refractivity contribution in [2.75, 3.05) is 10.6 Å². The van der Waals surface area contributed by atoms with Crippen LogP contribution in [-0.4, -0.2) is 26.8 Å². The van der Waals surface area contributed by atoms with Gasteiger partial charge in [-0.1, -0.05) is 54.1 Å². The number of carbonyl (C=O) groups is 1. The zero-order chi connectivity index (χ0) is 27.8.